The number of likely N-dealkylation sites (tertiary alicyclic amines) is 1. The minimum atomic E-state index is 0.194. The van der Waals surface area contributed by atoms with Gasteiger partial charge < -0.3 is 15.1 Å². The Bertz CT molecular complexity index is 914. The first-order valence-corrected chi connectivity index (χ1v) is 10.6. The van der Waals surface area contributed by atoms with Gasteiger partial charge in [-0.2, -0.15) is 0 Å². The van der Waals surface area contributed by atoms with Crippen LogP contribution in [0.1, 0.15) is 37.4 Å². The second-order valence-corrected chi connectivity index (χ2v) is 7.30. The van der Waals surface area contributed by atoms with Crippen LogP contribution in [0.25, 0.3) is 5.69 Å². The summed E-state index contributed by atoms with van der Waals surface area (Å²) in [6, 6.07) is 14.3. The molecule has 0 radical (unpaired) electrons. The third-order valence-electron chi connectivity index (χ3n) is 5.29. The van der Waals surface area contributed by atoms with E-state index in [-0.39, 0.29) is 6.04 Å². The highest BCUT2D eigenvalue weighted by atomic mass is 16.3. The molecule has 0 bridgehead atoms. The molecule has 8 nitrogen and oxygen atoms in total. The van der Waals surface area contributed by atoms with E-state index < -0.39 is 0 Å². The van der Waals surface area contributed by atoms with Crippen LogP contribution in [0.4, 0.5) is 0 Å². The summed E-state index contributed by atoms with van der Waals surface area (Å²) in [6.45, 7) is 6.20. The molecule has 3 aromatic rings. The van der Waals surface area contributed by atoms with Crippen LogP contribution >= 0.6 is 0 Å². The molecule has 2 aromatic heterocycles. The van der Waals surface area contributed by atoms with Crippen LogP contribution in [0, 0.1) is 0 Å². The predicted octanol–water partition coefficient (Wildman–Crippen LogP) is 2.75. The Morgan fingerprint density at radius 2 is 1.97 bits per heavy atom. The fraction of sp³-hybridized carbons (Fsp3) is 0.409. The molecule has 1 aromatic carbocycles. The van der Waals surface area contributed by atoms with Crippen molar-refractivity contribution in [3.8, 4) is 5.69 Å². The van der Waals surface area contributed by atoms with Crippen LogP contribution in [-0.2, 0) is 6.54 Å². The summed E-state index contributed by atoms with van der Waals surface area (Å²) < 4.78 is 7.68. The summed E-state index contributed by atoms with van der Waals surface area (Å²) in [6.07, 6.45) is 5.94. The van der Waals surface area contributed by atoms with Gasteiger partial charge in [-0.1, -0.05) is 18.2 Å². The number of nitrogens with one attached hydrogen (secondary N) is 2. The van der Waals surface area contributed by atoms with Crippen LogP contribution < -0.4 is 10.6 Å². The van der Waals surface area contributed by atoms with Gasteiger partial charge >= 0.3 is 0 Å². The maximum atomic E-state index is 5.72. The van der Waals surface area contributed by atoms with Crippen LogP contribution in [0.3, 0.4) is 0 Å². The molecular formula is C22H29N7O. The van der Waals surface area contributed by atoms with E-state index in [4.69, 9.17) is 9.41 Å². The lowest BCUT2D eigenvalue weighted by atomic mass is 10.2. The molecule has 0 amide bonds. The Balaban J connectivity index is 1.45. The van der Waals surface area contributed by atoms with E-state index in [9.17, 15) is 0 Å². The second-order valence-electron chi connectivity index (χ2n) is 7.30. The first-order valence-electron chi connectivity index (χ1n) is 10.6. The number of para-hydroxylation sites is 1. The van der Waals surface area contributed by atoms with Crippen molar-refractivity contribution in [2.24, 2.45) is 4.99 Å². The minimum Gasteiger partial charge on any atom is -0.468 e. The first-order chi connectivity index (χ1) is 14.8. The third kappa shape index (κ3) is 4.88. The molecular weight excluding hydrogens is 378 g/mol. The normalized spacial score (nSPS) is 16.0. The van der Waals surface area contributed by atoms with E-state index in [1.54, 1.807) is 12.6 Å². The molecule has 8 heteroatoms. The van der Waals surface area contributed by atoms with Crippen molar-refractivity contribution >= 4 is 5.96 Å². The molecule has 3 heterocycles. The number of hydrogen-bond donors (Lipinski definition) is 2. The van der Waals surface area contributed by atoms with E-state index in [2.05, 4.69) is 38.7 Å². The highest BCUT2D eigenvalue weighted by molar-refractivity contribution is 5.79. The summed E-state index contributed by atoms with van der Waals surface area (Å²) in [7, 11) is 0. The van der Waals surface area contributed by atoms with Crippen molar-refractivity contribution in [1.29, 1.82) is 0 Å². The SMILES string of the molecule is CCNC(=NCc1nncn1-c1ccccc1)NCC(c1ccco1)N1CCCC1. The molecule has 1 aliphatic heterocycles. The quantitative estimate of drug-likeness (QED) is 0.441. The summed E-state index contributed by atoms with van der Waals surface area (Å²) >= 11 is 0. The fourth-order valence-corrected chi connectivity index (χ4v) is 3.80. The zero-order valence-corrected chi connectivity index (χ0v) is 17.4. The van der Waals surface area contributed by atoms with Crippen molar-refractivity contribution in [2.45, 2.75) is 32.4 Å². The first kappa shape index (κ1) is 20.2. The Labute approximate surface area is 177 Å². The lowest BCUT2D eigenvalue weighted by Gasteiger charge is -2.26. The number of hydrogen-bond acceptors (Lipinski definition) is 5. The lowest BCUT2D eigenvalue weighted by Crippen LogP contribution is -2.42. The maximum Gasteiger partial charge on any atom is 0.191 e. The number of rotatable bonds is 8. The van der Waals surface area contributed by atoms with Crippen molar-refractivity contribution < 1.29 is 4.42 Å². The molecule has 0 spiro atoms. The minimum absolute atomic E-state index is 0.194. The van der Waals surface area contributed by atoms with Crippen LogP contribution in [-0.4, -0.2) is 51.8 Å². The third-order valence-corrected chi connectivity index (χ3v) is 5.29. The number of furan rings is 1. The average molecular weight is 408 g/mol. The van der Waals surface area contributed by atoms with Crippen molar-refractivity contribution in [2.75, 3.05) is 26.2 Å². The van der Waals surface area contributed by atoms with Gasteiger partial charge in [-0.3, -0.25) is 9.47 Å². The zero-order valence-electron chi connectivity index (χ0n) is 17.4. The highest BCUT2D eigenvalue weighted by Crippen LogP contribution is 2.24. The van der Waals surface area contributed by atoms with Gasteiger partial charge in [0.15, 0.2) is 11.8 Å². The van der Waals surface area contributed by atoms with Crippen LogP contribution in [0.2, 0.25) is 0 Å². The van der Waals surface area contributed by atoms with Crippen LogP contribution in [0.5, 0.6) is 0 Å². The van der Waals surface area contributed by atoms with E-state index in [0.29, 0.717) is 6.54 Å². The molecule has 1 atom stereocenters. The van der Waals surface area contributed by atoms with Gasteiger partial charge in [-0.05, 0) is 57.1 Å². The molecule has 2 N–H and O–H groups in total. The molecule has 30 heavy (non-hydrogen) atoms. The molecule has 1 unspecified atom stereocenters. The van der Waals surface area contributed by atoms with Crippen molar-refractivity contribution in [1.82, 2.24) is 30.3 Å². The Kier molecular flexibility index (Phi) is 6.76. The van der Waals surface area contributed by atoms with E-state index in [1.165, 1.54) is 12.8 Å². The fourth-order valence-electron chi connectivity index (χ4n) is 3.80. The molecule has 0 saturated carbocycles. The Morgan fingerprint density at radius 3 is 2.70 bits per heavy atom. The summed E-state index contributed by atoms with van der Waals surface area (Å²) in [4.78, 5) is 7.22. The van der Waals surface area contributed by atoms with E-state index >= 15 is 0 Å². The van der Waals surface area contributed by atoms with Gasteiger partial charge in [-0.25, -0.2) is 4.99 Å². The van der Waals surface area contributed by atoms with Crippen molar-refractivity contribution in [3.05, 3.63) is 66.6 Å². The zero-order chi connectivity index (χ0) is 20.6. The highest BCUT2D eigenvalue weighted by Gasteiger charge is 2.25. The van der Waals surface area contributed by atoms with E-state index in [1.807, 2.05) is 41.0 Å². The number of aliphatic imine (C=N–C) groups is 1. The summed E-state index contributed by atoms with van der Waals surface area (Å²) in [5, 5.41) is 15.1. The number of aromatic nitrogens is 3. The van der Waals surface area contributed by atoms with E-state index in [0.717, 1.165) is 49.4 Å². The van der Waals surface area contributed by atoms with Gasteiger partial charge in [0.2, 0.25) is 0 Å². The second kappa shape index (κ2) is 10.1. The van der Waals surface area contributed by atoms with Gasteiger partial charge in [-0.15, -0.1) is 10.2 Å². The molecule has 4 rings (SSSR count). The summed E-state index contributed by atoms with van der Waals surface area (Å²) in [5.74, 6) is 2.54. The Morgan fingerprint density at radius 1 is 1.13 bits per heavy atom. The smallest absolute Gasteiger partial charge is 0.191 e. The van der Waals surface area contributed by atoms with Gasteiger partial charge in [0, 0.05) is 18.8 Å². The molecule has 1 saturated heterocycles. The number of benzene rings is 1. The predicted molar refractivity (Wildman–Crippen MR) is 116 cm³/mol. The number of nitrogens with zero attached hydrogens (tertiary/aromatic N) is 5. The largest absolute Gasteiger partial charge is 0.468 e. The van der Waals surface area contributed by atoms with Gasteiger partial charge in [0.05, 0.1) is 12.3 Å². The standard InChI is InChI=1S/C22H29N7O/c1-2-23-22(24-15-19(20-11-8-14-30-20)28-12-6-7-13-28)25-16-21-27-26-17-29(21)18-9-4-3-5-10-18/h3-5,8-11,14,17,19H,2,6-7,12-13,15-16H2,1H3,(H2,23,24,25). The maximum absolute atomic E-state index is 5.72. The number of guanidine groups is 1. The van der Waals surface area contributed by atoms with Crippen LogP contribution in [0.15, 0.2) is 64.5 Å². The summed E-state index contributed by atoms with van der Waals surface area (Å²) in [5.41, 5.74) is 1.03. The molecule has 1 fully saturated rings. The monoisotopic (exact) mass is 407 g/mol. The Hall–Kier alpha value is -3.13. The van der Waals surface area contributed by atoms with Crippen molar-refractivity contribution in [3.63, 3.8) is 0 Å². The molecule has 158 valence electrons. The lowest BCUT2D eigenvalue weighted by molar-refractivity contribution is 0.215. The van der Waals surface area contributed by atoms with Gasteiger partial charge in [0.1, 0.15) is 18.6 Å². The average Bonchev–Trinajstić information content (AvgIpc) is 3.56. The van der Waals surface area contributed by atoms with Gasteiger partial charge in [0.25, 0.3) is 0 Å². The molecule has 1 aliphatic rings. The molecule has 0 aliphatic carbocycles. The topological polar surface area (TPSA) is 83.5 Å².